The molecule has 0 N–H and O–H groups in total. The average Bonchev–Trinajstić information content (AvgIpc) is 3.04. The summed E-state index contributed by atoms with van der Waals surface area (Å²) in [6.07, 6.45) is 5.01. The molecule has 0 bridgehead atoms. The molecule has 4 aromatic carbocycles. The highest BCUT2D eigenvalue weighted by Gasteiger charge is 2.33. The number of hydrogen-bond donors (Lipinski definition) is 0. The zero-order valence-corrected chi connectivity index (χ0v) is 32.5. The number of rotatable bonds is 19. The number of phosphoric acid groups is 2. The van der Waals surface area contributed by atoms with Gasteiger partial charge in [0.25, 0.3) is 0 Å². The van der Waals surface area contributed by atoms with Crippen molar-refractivity contribution in [2.75, 3.05) is 13.2 Å². The molecule has 4 aromatic rings. The molecular weight excluding hydrogens is 670 g/mol. The van der Waals surface area contributed by atoms with E-state index in [1.165, 1.54) is 0 Å². The molecule has 0 saturated heterocycles. The number of hydrogen-bond acceptors (Lipinski definition) is 8. The first-order valence-corrected chi connectivity index (χ1v) is 20.2. The van der Waals surface area contributed by atoms with Crippen LogP contribution in [0, 0.1) is 55.4 Å². The summed E-state index contributed by atoms with van der Waals surface area (Å²) in [5.41, 5.74) is 7.74. The van der Waals surface area contributed by atoms with E-state index in [4.69, 9.17) is 27.1 Å². The van der Waals surface area contributed by atoms with E-state index in [1.54, 1.807) is 24.3 Å². The van der Waals surface area contributed by atoms with Crippen molar-refractivity contribution in [3.8, 4) is 23.0 Å². The van der Waals surface area contributed by atoms with Crippen LogP contribution >= 0.6 is 15.6 Å². The Hall–Kier alpha value is -3.54. The van der Waals surface area contributed by atoms with Gasteiger partial charge in [-0.3, -0.25) is 9.05 Å². The second kappa shape index (κ2) is 18.1. The van der Waals surface area contributed by atoms with E-state index in [-0.39, 0.29) is 13.2 Å². The molecule has 0 aromatic heterocycles. The maximum Gasteiger partial charge on any atom is 0.587 e. The quantitative estimate of drug-likeness (QED) is 0.0698. The van der Waals surface area contributed by atoms with E-state index in [2.05, 4.69) is 0 Å². The van der Waals surface area contributed by atoms with Crippen molar-refractivity contribution in [3.05, 3.63) is 117 Å². The summed E-state index contributed by atoms with van der Waals surface area (Å²) < 4.78 is 63.2. The summed E-state index contributed by atoms with van der Waals surface area (Å²) >= 11 is 0. The van der Waals surface area contributed by atoms with Crippen LogP contribution in [0.3, 0.4) is 0 Å². The third-order valence-corrected chi connectivity index (χ3v) is 10.9. The minimum atomic E-state index is -3.96. The van der Waals surface area contributed by atoms with Gasteiger partial charge in [0.2, 0.25) is 0 Å². The Morgan fingerprint density at radius 3 is 0.860 bits per heavy atom. The van der Waals surface area contributed by atoms with Gasteiger partial charge in [-0.15, -0.1) is 0 Å². The smallest absolute Gasteiger partial charge is 0.395 e. The van der Waals surface area contributed by atoms with Crippen LogP contribution in [0.25, 0.3) is 0 Å². The lowest BCUT2D eigenvalue weighted by Crippen LogP contribution is -2.08. The van der Waals surface area contributed by atoms with Crippen LogP contribution < -0.4 is 18.1 Å². The van der Waals surface area contributed by atoms with Crippen LogP contribution in [0.2, 0.25) is 0 Å². The van der Waals surface area contributed by atoms with Gasteiger partial charge in [-0.25, -0.2) is 9.13 Å². The molecular formula is C40H52O8P2. The van der Waals surface area contributed by atoms with Gasteiger partial charge in [-0.05, 0) is 115 Å². The van der Waals surface area contributed by atoms with Gasteiger partial charge < -0.3 is 18.1 Å². The Morgan fingerprint density at radius 2 is 0.620 bits per heavy atom. The van der Waals surface area contributed by atoms with Crippen molar-refractivity contribution >= 4 is 15.6 Å². The summed E-state index contributed by atoms with van der Waals surface area (Å²) in [5.74, 6) is 1.87. The third kappa shape index (κ3) is 12.1. The highest BCUT2D eigenvalue weighted by atomic mass is 31.2. The fourth-order valence-electron chi connectivity index (χ4n) is 5.50. The van der Waals surface area contributed by atoms with Gasteiger partial charge in [0.05, 0.1) is 13.2 Å². The fourth-order valence-corrected chi connectivity index (χ4v) is 8.27. The van der Waals surface area contributed by atoms with Crippen LogP contribution in [0.4, 0.5) is 0 Å². The van der Waals surface area contributed by atoms with E-state index in [9.17, 15) is 9.13 Å². The Kier molecular flexibility index (Phi) is 14.2. The van der Waals surface area contributed by atoms with Crippen LogP contribution in [0.15, 0.2) is 72.8 Å². The molecule has 0 heterocycles. The Balaban J connectivity index is 1.25. The molecule has 0 fully saturated rings. The molecule has 0 spiro atoms. The van der Waals surface area contributed by atoms with Gasteiger partial charge in [0, 0.05) is 0 Å². The van der Waals surface area contributed by atoms with E-state index in [0.717, 1.165) is 70.2 Å². The van der Waals surface area contributed by atoms with Crippen LogP contribution in [-0.4, -0.2) is 13.2 Å². The maximum atomic E-state index is 13.9. The minimum absolute atomic E-state index is 0.227. The molecule has 0 aliphatic heterocycles. The molecule has 10 heteroatoms. The van der Waals surface area contributed by atoms with Gasteiger partial charge in [-0.1, -0.05) is 96.5 Å². The lowest BCUT2D eigenvalue weighted by atomic mass is 10.1. The van der Waals surface area contributed by atoms with Gasteiger partial charge in [0.15, 0.2) is 0 Å². The van der Waals surface area contributed by atoms with Gasteiger partial charge >= 0.3 is 15.6 Å². The van der Waals surface area contributed by atoms with Crippen molar-refractivity contribution < 1.29 is 36.3 Å². The molecule has 0 saturated carbocycles. The van der Waals surface area contributed by atoms with Gasteiger partial charge in [-0.2, -0.15) is 0 Å². The molecule has 0 unspecified atom stereocenters. The first kappa shape index (κ1) is 39.2. The number of aryl methyl sites for hydroxylation is 8. The lowest BCUT2D eigenvalue weighted by molar-refractivity contribution is 0.201. The molecule has 0 aliphatic rings. The average molecular weight is 723 g/mol. The minimum Gasteiger partial charge on any atom is -0.395 e. The molecule has 4 rings (SSSR count). The fraction of sp³-hybridized carbons (Fsp3) is 0.400. The van der Waals surface area contributed by atoms with E-state index in [1.807, 2.05) is 104 Å². The molecule has 0 radical (unpaired) electrons. The molecule has 270 valence electrons. The SMILES string of the molecule is Cc1ccc(OP(=O)(OCCCCCCCCOP(=O)(Oc2ccc(C)cc2C)Oc2ccc(C)cc2C)Oc2ccc(C)cc2C)c(C)c1. The van der Waals surface area contributed by atoms with Gasteiger partial charge in [0.1, 0.15) is 23.0 Å². The lowest BCUT2D eigenvalue weighted by Gasteiger charge is -2.21. The molecule has 0 aliphatic carbocycles. The van der Waals surface area contributed by atoms with Crippen molar-refractivity contribution in [1.29, 1.82) is 0 Å². The van der Waals surface area contributed by atoms with Crippen molar-refractivity contribution in [3.63, 3.8) is 0 Å². The standard InChI is InChI=1S/C40H52O8P2/c1-29-15-19-37(33(5)25-29)45-49(41,46-38-20-16-30(2)26-34(38)6)43-23-13-11-9-10-12-14-24-44-50(42,47-39-21-17-31(3)27-35(39)7)48-40-22-18-32(4)28-36(40)8/h15-22,25-28H,9-14,23-24H2,1-8H3. The maximum absolute atomic E-state index is 13.9. The number of unbranched alkanes of at least 4 members (excludes halogenated alkanes) is 5. The summed E-state index contributed by atoms with van der Waals surface area (Å²) in [7, 11) is -7.93. The monoisotopic (exact) mass is 722 g/mol. The number of phosphoric ester groups is 2. The predicted molar refractivity (Wildman–Crippen MR) is 201 cm³/mol. The van der Waals surface area contributed by atoms with Crippen molar-refractivity contribution in [2.24, 2.45) is 0 Å². The Labute approximate surface area is 298 Å². The first-order valence-electron chi connectivity index (χ1n) is 17.3. The summed E-state index contributed by atoms with van der Waals surface area (Å²) in [6, 6.07) is 22.7. The Bertz CT molecular complexity index is 1590. The highest BCUT2D eigenvalue weighted by molar-refractivity contribution is 7.49. The Morgan fingerprint density at radius 1 is 0.380 bits per heavy atom. The molecule has 8 nitrogen and oxygen atoms in total. The number of benzene rings is 4. The molecule has 0 atom stereocenters. The van der Waals surface area contributed by atoms with E-state index in [0.29, 0.717) is 35.8 Å². The van der Waals surface area contributed by atoms with Crippen LogP contribution in [0.1, 0.15) is 83.0 Å². The second-order valence-electron chi connectivity index (χ2n) is 13.1. The van der Waals surface area contributed by atoms with Crippen LogP contribution in [0.5, 0.6) is 23.0 Å². The third-order valence-electron chi connectivity index (χ3n) is 8.20. The normalized spacial score (nSPS) is 11.8. The largest absolute Gasteiger partial charge is 0.587 e. The van der Waals surface area contributed by atoms with Crippen molar-refractivity contribution in [2.45, 2.75) is 93.9 Å². The second-order valence-corrected chi connectivity index (χ2v) is 16.2. The highest BCUT2D eigenvalue weighted by Crippen LogP contribution is 2.52. The van der Waals surface area contributed by atoms with Crippen molar-refractivity contribution in [1.82, 2.24) is 0 Å². The summed E-state index contributed by atoms with van der Waals surface area (Å²) in [6.45, 7) is 16.1. The molecule has 0 amide bonds. The topological polar surface area (TPSA) is 89.5 Å². The molecule has 50 heavy (non-hydrogen) atoms. The summed E-state index contributed by atoms with van der Waals surface area (Å²) in [5, 5.41) is 0. The van der Waals surface area contributed by atoms with E-state index >= 15 is 0 Å². The first-order chi connectivity index (χ1) is 23.7. The van der Waals surface area contributed by atoms with E-state index < -0.39 is 15.6 Å². The zero-order valence-electron chi connectivity index (χ0n) is 30.7. The summed E-state index contributed by atoms with van der Waals surface area (Å²) in [4.78, 5) is 0. The zero-order chi connectivity index (χ0) is 36.3. The predicted octanol–water partition coefficient (Wildman–Crippen LogP) is 12.4. The van der Waals surface area contributed by atoms with Crippen LogP contribution in [-0.2, 0) is 18.2 Å².